The van der Waals surface area contributed by atoms with Crippen LogP contribution in [0.5, 0.6) is 0 Å². The van der Waals surface area contributed by atoms with E-state index in [4.69, 9.17) is 23.2 Å². The topological polar surface area (TPSA) is 95.6 Å². The van der Waals surface area contributed by atoms with E-state index >= 15 is 0 Å². The number of alkyl halides is 2. The molecule has 0 bridgehead atoms. The van der Waals surface area contributed by atoms with Gasteiger partial charge in [0.05, 0.1) is 11.0 Å². The summed E-state index contributed by atoms with van der Waals surface area (Å²) in [5, 5.41) is 15.8. The lowest BCUT2D eigenvalue weighted by Crippen LogP contribution is -2.23. The van der Waals surface area contributed by atoms with Crippen molar-refractivity contribution in [3.63, 3.8) is 0 Å². The van der Waals surface area contributed by atoms with Gasteiger partial charge in [0.25, 0.3) is 11.8 Å². The number of nitrogens with zero attached hydrogens (tertiary/aromatic N) is 6. The average Bonchev–Trinajstić information content (AvgIpc) is 3.83. The maximum absolute atomic E-state index is 13.1. The lowest BCUT2D eigenvalue weighted by molar-refractivity contribution is 0.0805. The number of fused-ring (bicyclic) bond motifs is 2. The molecule has 3 unspecified atom stereocenters. The number of benzene rings is 4. The highest BCUT2D eigenvalue weighted by Crippen LogP contribution is 2.30. The largest absolute Gasteiger partial charge is 0.272 e. The highest BCUT2D eigenvalue weighted by Gasteiger charge is 2.23. The summed E-state index contributed by atoms with van der Waals surface area (Å²) in [4.78, 5) is 24.3. The number of hydrogen-bond donors (Lipinski definition) is 0. The Hall–Kier alpha value is -4.49. The fraction of sp³-hybridized carbons (Fsp3) is 0.268. The Balaban J connectivity index is 0.000000249. The number of rotatable bonds is 12. The molecule has 6 rings (SSSR count). The molecular weight excluding hydrogens is 710 g/mol. The normalized spacial score (nSPS) is 11.6. The molecule has 0 aliphatic rings. The van der Waals surface area contributed by atoms with Crippen molar-refractivity contribution in [2.24, 2.45) is 5.92 Å². The van der Waals surface area contributed by atoms with Gasteiger partial charge in [-0.3, -0.25) is 9.59 Å². The van der Waals surface area contributed by atoms with Gasteiger partial charge in [-0.15, -0.1) is 33.4 Å². The predicted molar refractivity (Wildman–Crippen MR) is 220 cm³/mol. The third kappa shape index (κ3) is 11.3. The molecule has 11 heteroatoms. The Morgan fingerprint density at radius 1 is 0.712 bits per heavy atom. The van der Waals surface area contributed by atoms with E-state index in [1.807, 2.05) is 66.7 Å². The Kier molecular flexibility index (Phi) is 17.6. The first kappa shape index (κ1) is 41.9. The number of carbonyl (C=O) groups excluding carboxylic acids is 2. The molecule has 52 heavy (non-hydrogen) atoms. The van der Waals surface area contributed by atoms with E-state index in [0.29, 0.717) is 28.7 Å². The van der Waals surface area contributed by atoms with Crippen molar-refractivity contribution in [1.82, 2.24) is 30.0 Å². The molecule has 0 aliphatic heterocycles. The minimum atomic E-state index is -0.270. The second-order valence-electron chi connectivity index (χ2n) is 12.0. The fourth-order valence-corrected chi connectivity index (χ4v) is 6.03. The van der Waals surface area contributed by atoms with E-state index < -0.39 is 0 Å². The van der Waals surface area contributed by atoms with Crippen molar-refractivity contribution in [2.75, 3.05) is 0 Å². The van der Waals surface area contributed by atoms with E-state index in [0.717, 1.165) is 59.8 Å². The molecule has 272 valence electrons. The van der Waals surface area contributed by atoms with Gasteiger partial charge in [0.15, 0.2) is 0 Å². The average molecular weight is 758 g/mol. The molecule has 4 aromatic carbocycles. The number of hydrogen-bond acceptors (Lipinski definition) is 6. The molecule has 0 spiro atoms. The summed E-state index contributed by atoms with van der Waals surface area (Å²) in [5.74, 6) is 1.31. The minimum Gasteiger partial charge on any atom is -0.272 e. The van der Waals surface area contributed by atoms with Crippen LogP contribution in [-0.2, 0) is 11.8 Å². The molecule has 0 N–H and O–H groups in total. The van der Waals surface area contributed by atoms with Crippen LogP contribution in [0.3, 0.4) is 0 Å². The molecule has 2 heterocycles. The first-order valence-electron chi connectivity index (χ1n) is 17.1. The van der Waals surface area contributed by atoms with Gasteiger partial charge in [0.1, 0.15) is 11.0 Å². The second-order valence-corrected chi connectivity index (χ2v) is 12.5. The van der Waals surface area contributed by atoms with Gasteiger partial charge < -0.3 is 0 Å². The van der Waals surface area contributed by atoms with Crippen molar-refractivity contribution in [1.29, 1.82) is 0 Å². The summed E-state index contributed by atoms with van der Waals surface area (Å²) in [7, 11) is 0. The Morgan fingerprint density at radius 2 is 1.23 bits per heavy atom. The van der Waals surface area contributed by atoms with Gasteiger partial charge in [-0.05, 0) is 84.2 Å². The summed E-state index contributed by atoms with van der Waals surface area (Å²) in [5.41, 5.74) is 7.71. The van der Waals surface area contributed by atoms with Crippen LogP contribution in [0.15, 0.2) is 116 Å². The fourth-order valence-electron chi connectivity index (χ4n) is 5.68. The van der Waals surface area contributed by atoms with Crippen LogP contribution >= 0.6 is 33.1 Å². The minimum absolute atomic E-state index is 0. The standard InChI is InChI=1S/C23H28ClN3O.C9H9Cl.C9H7N3O.H3P/c1-3-7-19(20-12-10-17(16-24)11-13-20)15-14-18(4-2)23(28)27-22-9-6-5-8-21(22)25-26-27;1-2-8-3-5-9(7-10)6-4-8;1-2-9(13)12-8-6-4-3-5-7(8)10-11-12;/h5-6,8-13,18-19H,3-4,7,14-16H2,1-2H3;2-6H,1,7H2;2-6H,1H2;1H3. The Labute approximate surface area is 319 Å². The van der Waals surface area contributed by atoms with E-state index in [2.05, 4.69) is 71.9 Å². The predicted octanol–water partition coefficient (Wildman–Crippen LogP) is 10.6. The van der Waals surface area contributed by atoms with E-state index in [1.54, 1.807) is 12.1 Å². The molecule has 3 atom stereocenters. The number of halogens is 2. The summed E-state index contributed by atoms with van der Waals surface area (Å²) in [6.07, 6.45) is 7.92. The Bertz CT molecular complexity index is 2030. The molecular formula is C41H47Cl2N6O2P. The van der Waals surface area contributed by atoms with Gasteiger partial charge in [-0.1, -0.05) is 123 Å². The first-order valence-corrected chi connectivity index (χ1v) is 18.2. The number of para-hydroxylation sites is 2. The van der Waals surface area contributed by atoms with E-state index in [9.17, 15) is 9.59 Å². The van der Waals surface area contributed by atoms with Gasteiger partial charge in [0.2, 0.25) is 0 Å². The van der Waals surface area contributed by atoms with Crippen LogP contribution < -0.4 is 0 Å². The highest BCUT2D eigenvalue weighted by molar-refractivity contribution is 6.92. The van der Waals surface area contributed by atoms with Crippen LogP contribution in [0.1, 0.15) is 83.7 Å². The molecule has 8 nitrogen and oxygen atoms in total. The van der Waals surface area contributed by atoms with Gasteiger partial charge in [0, 0.05) is 17.7 Å². The van der Waals surface area contributed by atoms with Crippen LogP contribution in [0.2, 0.25) is 0 Å². The number of carbonyl (C=O) groups is 2. The first-order chi connectivity index (χ1) is 24.9. The van der Waals surface area contributed by atoms with Crippen molar-refractivity contribution in [3.05, 3.63) is 139 Å². The molecule has 6 aromatic rings. The zero-order valence-electron chi connectivity index (χ0n) is 29.9. The number of aromatic nitrogens is 6. The second kappa shape index (κ2) is 21.8. The molecule has 0 aliphatic carbocycles. The zero-order chi connectivity index (χ0) is 36.6. The molecule has 2 aromatic heterocycles. The van der Waals surface area contributed by atoms with Gasteiger partial charge >= 0.3 is 0 Å². The number of allylic oxidation sites excluding steroid dienone is 1. The smallest absolute Gasteiger partial charge is 0.272 e. The van der Waals surface area contributed by atoms with Crippen molar-refractivity contribution in [2.45, 2.75) is 63.6 Å². The highest BCUT2D eigenvalue weighted by atomic mass is 35.5. The third-order valence-electron chi connectivity index (χ3n) is 8.61. The van der Waals surface area contributed by atoms with Crippen LogP contribution in [0.4, 0.5) is 0 Å². The quantitative estimate of drug-likeness (QED) is 0.0701. The van der Waals surface area contributed by atoms with E-state index in [-0.39, 0.29) is 27.6 Å². The summed E-state index contributed by atoms with van der Waals surface area (Å²) >= 11 is 11.5. The zero-order valence-corrected chi connectivity index (χ0v) is 32.8. The molecule has 0 fully saturated rings. The molecule has 0 amide bonds. The summed E-state index contributed by atoms with van der Waals surface area (Å²) in [6.45, 7) is 11.3. The molecule has 0 saturated heterocycles. The lowest BCUT2D eigenvalue weighted by atomic mass is 9.86. The SMILES string of the molecule is C=CC(=O)n1nnc2ccccc21.C=Cc1ccc(CCl)cc1.CCCC(CCC(CC)C(=O)n1nnc2ccccc21)c1ccc(CCl)cc1.P. The lowest BCUT2D eigenvalue weighted by Gasteiger charge is -2.20. The van der Waals surface area contributed by atoms with Crippen molar-refractivity contribution < 1.29 is 9.59 Å². The van der Waals surface area contributed by atoms with Crippen LogP contribution in [0, 0.1) is 5.92 Å². The van der Waals surface area contributed by atoms with Crippen LogP contribution in [0.25, 0.3) is 28.1 Å². The maximum Gasteiger partial charge on any atom is 0.272 e. The van der Waals surface area contributed by atoms with E-state index in [1.165, 1.54) is 21.0 Å². The van der Waals surface area contributed by atoms with Crippen LogP contribution in [-0.4, -0.2) is 41.8 Å². The maximum atomic E-state index is 13.1. The van der Waals surface area contributed by atoms with Crippen molar-refractivity contribution >= 4 is 73.1 Å². The third-order valence-corrected chi connectivity index (χ3v) is 9.23. The monoisotopic (exact) mass is 756 g/mol. The molecule has 0 saturated carbocycles. The van der Waals surface area contributed by atoms with Crippen molar-refractivity contribution in [3.8, 4) is 0 Å². The van der Waals surface area contributed by atoms with Gasteiger partial charge in [-0.25, -0.2) is 0 Å². The summed E-state index contributed by atoms with van der Waals surface area (Å²) in [6, 6.07) is 31.5. The Morgan fingerprint density at radius 3 is 1.73 bits per heavy atom. The summed E-state index contributed by atoms with van der Waals surface area (Å²) < 4.78 is 2.70. The van der Waals surface area contributed by atoms with Gasteiger partial charge in [-0.2, -0.15) is 19.3 Å². The molecule has 0 radical (unpaired) electrons.